The third-order valence-electron chi connectivity index (χ3n) is 3.47. The van der Waals surface area contributed by atoms with E-state index in [0.717, 1.165) is 18.5 Å². The van der Waals surface area contributed by atoms with Crippen molar-refractivity contribution in [1.82, 2.24) is 4.90 Å². The van der Waals surface area contributed by atoms with Crippen LogP contribution in [0.25, 0.3) is 0 Å². The van der Waals surface area contributed by atoms with Gasteiger partial charge in [0.05, 0.1) is 4.47 Å². The number of benzene rings is 1. The molecule has 2 nitrogen and oxygen atoms in total. The molecular weight excluding hydrogens is 295 g/mol. The van der Waals surface area contributed by atoms with E-state index in [4.69, 9.17) is 5.73 Å². The topological polar surface area (TPSA) is 29.3 Å². The number of nitrogens with zero attached hydrogens (tertiary/aromatic N) is 1. The molecule has 2 N–H and O–H groups in total. The van der Waals surface area contributed by atoms with E-state index >= 15 is 0 Å². The maximum absolute atomic E-state index is 13.3. The van der Waals surface area contributed by atoms with Gasteiger partial charge >= 0.3 is 0 Å². The molecule has 0 saturated heterocycles. The Kier molecular flexibility index (Phi) is 6.26. The van der Waals surface area contributed by atoms with Gasteiger partial charge in [0.2, 0.25) is 0 Å². The van der Waals surface area contributed by atoms with Crippen LogP contribution in [0, 0.1) is 5.82 Å². The lowest BCUT2D eigenvalue weighted by atomic mass is 10.0. The summed E-state index contributed by atoms with van der Waals surface area (Å²) in [4.78, 5) is 2.36. The SMILES string of the molecule is CCC(C)N(CC)C(CN)c1ccc(F)c(Br)c1. The molecule has 18 heavy (non-hydrogen) atoms. The van der Waals surface area contributed by atoms with Crippen LogP contribution in [-0.4, -0.2) is 24.0 Å². The van der Waals surface area contributed by atoms with Gasteiger partial charge in [-0.05, 0) is 53.5 Å². The standard InChI is InChI=1S/C14H22BrFN2/c1-4-10(3)18(5-2)14(9-17)11-6-7-13(16)12(15)8-11/h6-8,10,14H,4-5,9,17H2,1-3H3. The molecule has 2 atom stereocenters. The normalized spacial score (nSPS) is 14.8. The van der Waals surface area contributed by atoms with Crippen molar-refractivity contribution < 1.29 is 4.39 Å². The minimum absolute atomic E-state index is 0.141. The van der Waals surface area contributed by atoms with Crippen LogP contribution in [0.4, 0.5) is 4.39 Å². The Morgan fingerprint density at radius 1 is 1.39 bits per heavy atom. The van der Waals surface area contributed by atoms with Crippen molar-refractivity contribution in [2.24, 2.45) is 5.73 Å². The number of hydrogen-bond donors (Lipinski definition) is 1. The van der Waals surface area contributed by atoms with Crippen LogP contribution in [0.3, 0.4) is 0 Å². The van der Waals surface area contributed by atoms with Gasteiger partial charge in [0.25, 0.3) is 0 Å². The van der Waals surface area contributed by atoms with E-state index in [2.05, 4.69) is 41.6 Å². The highest BCUT2D eigenvalue weighted by atomic mass is 79.9. The molecule has 0 amide bonds. The fourth-order valence-electron chi connectivity index (χ4n) is 2.26. The van der Waals surface area contributed by atoms with Gasteiger partial charge in [-0.15, -0.1) is 0 Å². The summed E-state index contributed by atoms with van der Waals surface area (Å²) >= 11 is 3.23. The van der Waals surface area contributed by atoms with Crippen LogP contribution in [-0.2, 0) is 0 Å². The van der Waals surface area contributed by atoms with E-state index in [1.165, 1.54) is 6.07 Å². The molecule has 0 aliphatic rings. The van der Waals surface area contributed by atoms with Crippen LogP contribution in [0.2, 0.25) is 0 Å². The lowest BCUT2D eigenvalue weighted by Crippen LogP contribution is -2.39. The fraction of sp³-hybridized carbons (Fsp3) is 0.571. The largest absolute Gasteiger partial charge is 0.329 e. The lowest BCUT2D eigenvalue weighted by molar-refractivity contribution is 0.152. The molecule has 0 radical (unpaired) electrons. The molecule has 0 heterocycles. The molecule has 1 aromatic carbocycles. The molecule has 0 spiro atoms. The first-order valence-corrected chi connectivity index (χ1v) is 7.25. The number of nitrogens with two attached hydrogens (primary N) is 1. The van der Waals surface area contributed by atoms with E-state index < -0.39 is 0 Å². The first-order chi connectivity index (χ1) is 8.54. The Hall–Kier alpha value is -0.450. The molecule has 0 saturated carbocycles. The number of hydrogen-bond acceptors (Lipinski definition) is 2. The van der Waals surface area contributed by atoms with Crippen molar-refractivity contribution in [1.29, 1.82) is 0 Å². The summed E-state index contributed by atoms with van der Waals surface area (Å²) < 4.78 is 13.8. The van der Waals surface area contributed by atoms with Crippen LogP contribution in [0.1, 0.15) is 38.8 Å². The highest BCUT2D eigenvalue weighted by molar-refractivity contribution is 9.10. The predicted octanol–water partition coefficient (Wildman–Crippen LogP) is 3.71. The van der Waals surface area contributed by atoms with Crippen LogP contribution < -0.4 is 5.73 Å². The second-order valence-corrected chi connectivity index (χ2v) is 5.37. The molecule has 0 fully saturated rings. The van der Waals surface area contributed by atoms with E-state index in [-0.39, 0.29) is 11.9 Å². The summed E-state index contributed by atoms with van der Waals surface area (Å²) in [5.41, 5.74) is 6.97. The minimum Gasteiger partial charge on any atom is -0.329 e. The van der Waals surface area contributed by atoms with Crippen LogP contribution >= 0.6 is 15.9 Å². The molecule has 102 valence electrons. The second kappa shape index (κ2) is 7.22. The predicted molar refractivity (Wildman–Crippen MR) is 78.0 cm³/mol. The Balaban J connectivity index is 3.03. The molecule has 2 unspecified atom stereocenters. The summed E-state index contributed by atoms with van der Waals surface area (Å²) in [7, 11) is 0. The summed E-state index contributed by atoms with van der Waals surface area (Å²) in [6.45, 7) is 7.97. The maximum Gasteiger partial charge on any atom is 0.137 e. The van der Waals surface area contributed by atoms with E-state index in [9.17, 15) is 4.39 Å². The van der Waals surface area contributed by atoms with Gasteiger partial charge in [-0.25, -0.2) is 4.39 Å². The highest BCUT2D eigenvalue weighted by Crippen LogP contribution is 2.26. The zero-order valence-electron chi connectivity index (χ0n) is 11.3. The van der Waals surface area contributed by atoms with E-state index in [0.29, 0.717) is 17.1 Å². The van der Waals surface area contributed by atoms with E-state index in [1.807, 2.05) is 12.1 Å². The number of halogens is 2. The Labute approximate surface area is 117 Å². The van der Waals surface area contributed by atoms with Crippen molar-refractivity contribution >= 4 is 15.9 Å². The average Bonchev–Trinajstić information content (AvgIpc) is 2.38. The van der Waals surface area contributed by atoms with Crippen LogP contribution in [0.15, 0.2) is 22.7 Å². The maximum atomic E-state index is 13.3. The highest BCUT2D eigenvalue weighted by Gasteiger charge is 2.22. The van der Waals surface area contributed by atoms with Gasteiger partial charge in [-0.1, -0.05) is 19.9 Å². The average molecular weight is 317 g/mol. The fourth-order valence-corrected chi connectivity index (χ4v) is 2.65. The molecule has 4 heteroatoms. The summed E-state index contributed by atoms with van der Waals surface area (Å²) in [6.07, 6.45) is 1.08. The zero-order chi connectivity index (χ0) is 13.7. The lowest BCUT2D eigenvalue weighted by Gasteiger charge is -2.35. The summed E-state index contributed by atoms with van der Waals surface area (Å²) in [5.74, 6) is -0.235. The summed E-state index contributed by atoms with van der Waals surface area (Å²) in [6, 6.07) is 5.75. The zero-order valence-corrected chi connectivity index (χ0v) is 12.9. The Morgan fingerprint density at radius 2 is 2.06 bits per heavy atom. The molecule has 0 aromatic heterocycles. The van der Waals surface area contributed by atoms with Crippen LogP contribution in [0.5, 0.6) is 0 Å². The van der Waals surface area contributed by atoms with E-state index in [1.54, 1.807) is 0 Å². The Bertz CT molecular complexity index is 384. The second-order valence-electron chi connectivity index (χ2n) is 4.51. The van der Waals surface area contributed by atoms with Crippen molar-refractivity contribution in [3.63, 3.8) is 0 Å². The van der Waals surface area contributed by atoms with Crippen molar-refractivity contribution in [2.75, 3.05) is 13.1 Å². The monoisotopic (exact) mass is 316 g/mol. The third-order valence-corrected chi connectivity index (χ3v) is 4.08. The van der Waals surface area contributed by atoms with Gasteiger partial charge in [0, 0.05) is 18.6 Å². The van der Waals surface area contributed by atoms with Gasteiger partial charge < -0.3 is 5.73 Å². The van der Waals surface area contributed by atoms with Gasteiger partial charge in [0.1, 0.15) is 5.82 Å². The number of rotatable bonds is 6. The molecule has 1 aromatic rings. The third kappa shape index (κ3) is 3.53. The molecule has 1 rings (SSSR count). The smallest absolute Gasteiger partial charge is 0.137 e. The van der Waals surface area contributed by atoms with Crippen molar-refractivity contribution in [3.8, 4) is 0 Å². The molecular formula is C14H22BrFN2. The first-order valence-electron chi connectivity index (χ1n) is 6.45. The molecule has 0 bridgehead atoms. The van der Waals surface area contributed by atoms with Gasteiger partial charge in [-0.3, -0.25) is 4.90 Å². The molecule has 0 aliphatic carbocycles. The minimum atomic E-state index is -0.235. The first kappa shape index (κ1) is 15.6. The summed E-state index contributed by atoms with van der Waals surface area (Å²) in [5, 5.41) is 0. The van der Waals surface area contributed by atoms with Crippen molar-refractivity contribution in [3.05, 3.63) is 34.1 Å². The van der Waals surface area contributed by atoms with Gasteiger partial charge in [-0.2, -0.15) is 0 Å². The van der Waals surface area contributed by atoms with Gasteiger partial charge in [0.15, 0.2) is 0 Å². The number of likely N-dealkylation sites (N-methyl/N-ethyl adjacent to an activating group) is 1. The quantitative estimate of drug-likeness (QED) is 0.867. The Morgan fingerprint density at radius 3 is 2.50 bits per heavy atom. The molecule has 0 aliphatic heterocycles. The van der Waals surface area contributed by atoms with Crippen molar-refractivity contribution in [2.45, 2.75) is 39.3 Å².